The summed E-state index contributed by atoms with van der Waals surface area (Å²) in [5.74, 6) is -0.320. The second kappa shape index (κ2) is 7.47. The number of hydrazine groups is 1. The Hall–Kier alpha value is -1.31. The monoisotopic (exact) mass is 370 g/mol. The van der Waals surface area contributed by atoms with Crippen LogP contribution in [0.5, 0.6) is 0 Å². The van der Waals surface area contributed by atoms with Crippen LogP contribution in [-0.2, 0) is 4.79 Å². The summed E-state index contributed by atoms with van der Waals surface area (Å²) < 4.78 is 0.869. The van der Waals surface area contributed by atoms with Gasteiger partial charge in [-0.3, -0.25) is 20.4 Å². The molecule has 20 heavy (non-hydrogen) atoms. The van der Waals surface area contributed by atoms with Crippen molar-refractivity contribution in [1.82, 2.24) is 10.9 Å². The molecule has 1 aromatic carbocycles. The highest BCUT2D eigenvalue weighted by molar-refractivity contribution is 9.11. The smallest absolute Gasteiger partial charge is 0.272 e. The second-order valence-electron chi connectivity index (χ2n) is 3.71. The van der Waals surface area contributed by atoms with E-state index in [1.165, 1.54) is 23.1 Å². The molecule has 4 nitrogen and oxygen atoms in total. The summed E-state index contributed by atoms with van der Waals surface area (Å²) >= 11 is 6.00. The summed E-state index contributed by atoms with van der Waals surface area (Å²) in [6, 6.07) is 13.1. The third-order valence-corrected chi connectivity index (χ3v) is 4.86. The maximum atomic E-state index is 11.7. The fourth-order valence-electron chi connectivity index (χ4n) is 1.33. The van der Waals surface area contributed by atoms with E-state index in [9.17, 15) is 9.59 Å². The van der Waals surface area contributed by atoms with Gasteiger partial charge in [0.15, 0.2) is 0 Å². The lowest BCUT2D eigenvalue weighted by molar-refractivity contribution is -0.119. The van der Waals surface area contributed by atoms with Gasteiger partial charge in [0, 0.05) is 4.90 Å². The summed E-state index contributed by atoms with van der Waals surface area (Å²) in [5.41, 5.74) is 4.78. The molecule has 0 fully saturated rings. The predicted octanol–water partition coefficient (Wildman–Crippen LogP) is 3.06. The molecule has 2 aromatic rings. The molecular weight excluding hydrogens is 360 g/mol. The van der Waals surface area contributed by atoms with E-state index in [0.29, 0.717) is 4.88 Å². The lowest BCUT2D eigenvalue weighted by Gasteiger charge is -2.06. The minimum Gasteiger partial charge on any atom is -0.272 e. The fourth-order valence-corrected chi connectivity index (χ4v) is 3.33. The molecule has 2 N–H and O–H groups in total. The Labute approximate surface area is 133 Å². The molecule has 2 amide bonds. The average molecular weight is 371 g/mol. The molecule has 7 heteroatoms. The number of thioether (sulfide) groups is 1. The Balaban J connectivity index is 1.74. The predicted molar refractivity (Wildman–Crippen MR) is 84.8 cm³/mol. The number of amides is 2. The van der Waals surface area contributed by atoms with E-state index in [1.807, 2.05) is 30.3 Å². The van der Waals surface area contributed by atoms with Crippen molar-refractivity contribution in [2.45, 2.75) is 4.90 Å². The molecule has 0 radical (unpaired) electrons. The molecule has 0 aliphatic carbocycles. The minimum atomic E-state index is -0.321. The number of carbonyl (C=O) groups excluding carboxylic acids is 2. The molecule has 2 rings (SSSR count). The van der Waals surface area contributed by atoms with Gasteiger partial charge in [0.25, 0.3) is 5.91 Å². The molecule has 1 heterocycles. The topological polar surface area (TPSA) is 58.2 Å². The Kier molecular flexibility index (Phi) is 5.63. The number of hydrogen-bond donors (Lipinski definition) is 2. The van der Waals surface area contributed by atoms with E-state index in [-0.39, 0.29) is 17.6 Å². The van der Waals surface area contributed by atoms with Crippen LogP contribution in [0.3, 0.4) is 0 Å². The molecule has 0 spiro atoms. The molecule has 0 unspecified atom stereocenters. The fraction of sp³-hybridized carbons (Fsp3) is 0.0769. The highest BCUT2D eigenvalue weighted by atomic mass is 79.9. The standard InChI is InChI=1S/C13H11BrN2O2S2/c14-11-7-6-10(20-11)13(18)16-15-12(17)8-19-9-4-2-1-3-5-9/h1-7H,8H2,(H,15,17)(H,16,18). The summed E-state index contributed by atoms with van der Waals surface area (Å²) in [6.45, 7) is 0. The number of carbonyl (C=O) groups is 2. The lowest BCUT2D eigenvalue weighted by Crippen LogP contribution is -2.42. The van der Waals surface area contributed by atoms with E-state index in [4.69, 9.17) is 0 Å². The van der Waals surface area contributed by atoms with Crippen LogP contribution in [0.25, 0.3) is 0 Å². The molecule has 0 aliphatic rings. The lowest BCUT2D eigenvalue weighted by atomic mass is 10.4. The SMILES string of the molecule is O=C(CSc1ccccc1)NNC(=O)c1ccc(Br)s1. The molecule has 0 saturated heterocycles. The van der Waals surface area contributed by atoms with Gasteiger partial charge in [0.1, 0.15) is 0 Å². The zero-order valence-electron chi connectivity index (χ0n) is 10.3. The number of hydrogen-bond acceptors (Lipinski definition) is 4. The molecular formula is C13H11BrN2O2S2. The van der Waals surface area contributed by atoms with Crippen LogP contribution in [0.2, 0.25) is 0 Å². The summed E-state index contributed by atoms with van der Waals surface area (Å²) in [7, 11) is 0. The number of thiophene rings is 1. The van der Waals surface area contributed by atoms with Crippen LogP contribution < -0.4 is 10.9 Å². The first-order valence-corrected chi connectivity index (χ1v) is 8.27. The zero-order chi connectivity index (χ0) is 14.4. The van der Waals surface area contributed by atoms with E-state index in [2.05, 4.69) is 26.8 Å². The largest absolute Gasteiger partial charge is 0.279 e. The first kappa shape index (κ1) is 15.1. The molecule has 0 atom stereocenters. The van der Waals surface area contributed by atoms with Gasteiger partial charge in [0.2, 0.25) is 5.91 Å². The van der Waals surface area contributed by atoms with Crippen LogP contribution in [0.15, 0.2) is 51.1 Å². The van der Waals surface area contributed by atoms with Gasteiger partial charge >= 0.3 is 0 Å². The van der Waals surface area contributed by atoms with Gasteiger partial charge in [-0.2, -0.15) is 0 Å². The first-order chi connectivity index (χ1) is 9.65. The van der Waals surface area contributed by atoms with E-state index in [1.54, 1.807) is 12.1 Å². The zero-order valence-corrected chi connectivity index (χ0v) is 13.5. The van der Waals surface area contributed by atoms with Gasteiger partial charge < -0.3 is 0 Å². The maximum Gasteiger partial charge on any atom is 0.279 e. The quantitative estimate of drug-likeness (QED) is 0.642. The summed E-state index contributed by atoms with van der Waals surface area (Å²) in [4.78, 5) is 24.8. The average Bonchev–Trinajstić information content (AvgIpc) is 2.90. The van der Waals surface area contributed by atoms with Crippen molar-refractivity contribution in [3.63, 3.8) is 0 Å². The van der Waals surface area contributed by atoms with Crippen molar-refractivity contribution in [1.29, 1.82) is 0 Å². The van der Waals surface area contributed by atoms with Gasteiger partial charge in [-0.1, -0.05) is 18.2 Å². The molecule has 104 valence electrons. The van der Waals surface area contributed by atoms with Crippen molar-refractivity contribution in [3.8, 4) is 0 Å². The highest BCUT2D eigenvalue weighted by Gasteiger charge is 2.09. The Morgan fingerprint density at radius 2 is 1.85 bits per heavy atom. The van der Waals surface area contributed by atoms with Crippen molar-refractivity contribution >= 4 is 50.8 Å². The van der Waals surface area contributed by atoms with E-state index < -0.39 is 0 Å². The summed E-state index contributed by atoms with van der Waals surface area (Å²) in [6.07, 6.45) is 0. The van der Waals surface area contributed by atoms with Crippen molar-refractivity contribution in [2.75, 3.05) is 5.75 Å². The first-order valence-electron chi connectivity index (χ1n) is 5.67. The van der Waals surface area contributed by atoms with Crippen LogP contribution in [0, 0.1) is 0 Å². The molecule has 1 aromatic heterocycles. The third kappa shape index (κ3) is 4.66. The van der Waals surface area contributed by atoms with Crippen molar-refractivity contribution in [3.05, 3.63) is 51.1 Å². The van der Waals surface area contributed by atoms with Gasteiger partial charge in [0.05, 0.1) is 14.4 Å². The highest BCUT2D eigenvalue weighted by Crippen LogP contribution is 2.21. The molecule has 0 saturated carbocycles. The molecule has 0 bridgehead atoms. The normalized spacial score (nSPS) is 10.1. The number of halogens is 1. The second-order valence-corrected chi connectivity index (χ2v) is 7.22. The van der Waals surface area contributed by atoms with Gasteiger partial charge in [-0.15, -0.1) is 23.1 Å². The molecule has 0 aliphatic heterocycles. The van der Waals surface area contributed by atoms with Crippen LogP contribution in [0.4, 0.5) is 0 Å². The summed E-state index contributed by atoms with van der Waals surface area (Å²) in [5, 5.41) is 0. The van der Waals surface area contributed by atoms with E-state index in [0.717, 1.165) is 8.68 Å². The van der Waals surface area contributed by atoms with Crippen LogP contribution in [0.1, 0.15) is 9.67 Å². The Morgan fingerprint density at radius 3 is 2.50 bits per heavy atom. The van der Waals surface area contributed by atoms with Gasteiger partial charge in [-0.25, -0.2) is 0 Å². The van der Waals surface area contributed by atoms with Crippen LogP contribution >= 0.6 is 39.0 Å². The maximum absolute atomic E-state index is 11.7. The number of benzene rings is 1. The Bertz CT molecular complexity index is 601. The van der Waals surface area contributed by atoms with Crippen LogP contribution in [-0.4, -0.2) is 17.6 Å². The van der Waals surface area contributed by atoms with Crippen molar-refractivity contribution < 1.29 is 9.59 Å². The van der Waals surface area contributed by atoms with E-state index >= 15 is 0 Å². The minimum absolute atomic E-state index is 0.247. The number of rotatable bonds is 4. The Morgan fingerprint density at radius 1 is 1.10 bits per heavy atom. The van der Waals surface area contributed by atoms with Crippen molar-refractivity contribution in [2.24, 2.45) is 0 Å². The third-order valence-electron chi connectivity index (χ3n) is 2.23. The number of nitrogens with one attached hydrogen (secondary N) is 2. The van der Waals surface area contributed by atoms with Gasteiger partial charge in [-0.05, 0) is 40.2 Å².